The van der Waals surface area contributed by atoms with Crippen LogP contribution < -0.4 is 0 Å². The van der Waals surface area contributed by atoms with Gasteiger partial charge in [0, 0.05) is 11.9 Å². The summed E-state index contributed by atoms with van der Waals surface area (Å²) < 4.78 is 0. The Labute approximate surface area is 69.4 Å². The third kappa shape index (κ3) is 3.43. The van der Waals surface area contributed by atoms with Gasteiger partial charge in [-0.15, -0.1) is 11.6 Å². The Kier molecular flexibility index (Phi) is 3.68. The summed E-state index contributed by atoms with van der Waals surface area (Å²) in [6, 6.07) is 0. The average Bonchev–Trinajstić information content (AvgIpc) is 1.60. The maximum atomic E-state index is 5.99. The van der Waals surface area contributed by atoms with Crippen LogP contribution in [0.4, 0.5) is 0 Å². The summed E-state index contributed by atoms with van der Waals surface area (Å²) in [5.41, 5.74) is 0.213. The monoisotopic (exact) mass is 163 g/mol. The molecule has 1 nitrogen and oxygen atoms in total. The van der Waals surface area contributed by atoms with E-state index in [1.807, 2.05) is 6.92 Å². The number of rotatable bonds is 3. The summed E-state index contributed by atoms with van der Waals surface area (Å²) in [6.07, 6.45) is 0. The standard InChI is InChI=1S/C8H18ClN/c1-7(9)8(2,3)6-10(4)5/h7H,6H2,1-5H3. The largest absolute Gasteiger partial charge is 0.309 e. The molecule has 0 aliphatic carbocycles. The molecular formula is C8H18ClN. The topological polar surface area (TPSA) is 3.24 Å². The predicted octanol–water partition coefficient (Wildman–Crippen LogP) is 2.20. The maximum Gasteiger partial charge on any atom is 0.0371 e. The van der Waals surface area contributed by atoms with E-state index in [2.05, 4.69) is 32.8 Å². The Bertz CT molecular complexity index is 97.4. The lowest BCUT2D eigenvalue weighted by molar-refractivity contribution is 0.237. The van der Waals surface area contributed by atoms with E-state index < -0.39 is 0 Å². The molecule has 10 heavy (non-hydrogen) atoms. The van der Waals surface area contributed by atoms with Gasteiger partial charge >= 0.3 is 0 Å². The van der Waals surface area contributed by atoms with Crippen molar-refractivity contribution in [1.29, 1.82) is 0 Å². The van der Waals surface area contributed by atoms with Gasteiger partial charge in [0.25, 0.3) is 0 Å². The van der Waals surface area contributed by atoms with Crippen molar-refractivity contribution >= 4 is 11.6 Å². The molecule has 0 rings (SSSR count). The summed E-state index contributed by atoms with van der Waals surface area (Å²) in [7, 11) is 4.14. The second kappa shape index (κ2) is 3.59. The zero-order valence-corrected chi connectivity index (χ0v) is 8.37. The molecule has 2 heteroatoms. The lowest BCUT2D eigenvalue weighted by Gasteiger charge is -2.30. The van der Waals surface area contributed by atoms with Gasteiger partial charge in [0.2, 0.25) is 0 Å². The molecule has 0 spiro atoms. The predicted molar refractivity (Wildman–Crippen MR) is 47.7 cm³/mol. The molecule has 0 aromatic rings. The maximum absolute atomic E-state index is 5.99. The van der Waals surface area contributed by atoms with Gasteiger partial charge in [-0.1, -0.05) is 13.8 Å². The van der Waals surface area contributed by atoms with Crippen molar-refractivity contribution in [2.45, 2.75) is 26.1 Å². The van der Waals surface area contributed by atoms with Gasteiger partial charge in [0.15, 0.2) is 0 Å². The van der Waals surface area contributed by atoms with Crippen molar-refractivity contribution < 1.29 is 0 Å². The van der Waals surface area contributed by atoms with E-state index in [0.717, 1.165) is 6.54 Å². The van der Waals surface area contributed by atoms with E-state index in [0.29, 0.717) is 0 Å². The smallest absolute Gasteiger partial charge is 0.0371 e. The van der Waals surface area contributed by atoms with Crippen LogP contribution in [-0.2, 0) is 0 Å². The highest BCUT2D eigenvalue weighted by molar-refractivity contribution is 6.20. The molecule has 0 bridgehead atoms. The molecular weight excluding hydrogens is 146 g/mol. The van der Waals surface area contributed by atoms with Crippen molar-refractivity contribution in [3.8, 4) is 0 Å². The van der Waals surface area contributed by atoms with Crippen LogP contribution in [0.1, 0.15) is 20.8 Å². The summed E-state index contributed by atoms with van der Waals surface area (Å²) >= 11 is 5.99. The minimum Gasteiger partial charge on any atom is -0.309 e. The Morgan fingerprint density at radius 2 is 1.80 bits per heavy atom. The van der Waals surface area contributed by atoms with E-state index in [1.165, 1.54) is 0 Å². The van der Waals surface area contributed by atoms with E-state index in [4.69, 9.17) is 11.6 Å². The highest BCUT2D eigenvalue weighted by Gasteiger charge is 2.24. The molecule has 0 radical (unpaired) electrons. The summed E-state index contributed by atoms with van der Waals surface area (Å²) in [5, 5.41) is 0.231. The molecule has 0 aliphatic heterocycles. The fraction of sp³-hybridized carbons (Fsp3) is 1.00. The molecule has 1 atom stereocenters. The van der Waals surface area contributed by atoms with E-state index in [9.17, 15) is 0 Å². The molecule has 0 fully saturated rings. The van der Waals surface area contributed by atoms with Crippen molar-refractivity contribution in [1.82, 2.24) is 4.90 Å². The van der Waals surface area contributed by atoms with Crippen LogP contribution >= 0.6 is 11.6 Å². The molecule has 0 saturated carbocycles. The summed E-state index contributed by atoms with van der Waals surface area (Å²) in [6.45, 7) is 7.46. The second-order valence-electron chi connectivity index (χ2n) is 3.84. The van der Waals surface area contributed by atoms with Crippen molar-refractivity contribution in [3.05, 3.63) is 0 Å². The molecule has 0 amide bonds. The number of alkyl halides is 1. The highest BCUT2D eigenvalue weighted by Crippen LogP contribution is 2.25. The Balaban J connectivity index is 3.87. The van der Waals surface area contributed by atoms with Crippen LogP contribution in [-0.4, -0.2) is 30.9 Å². The van der Waals surface area contributed by atoms with Crippen LogP contribution in [0.25, 0.3) is 0 Å². The van der Waals surface area contributed by atoms with Gasteiger partial charge in [0.1, 0.15) is 0 Å². The lowest BCUT2D eigenvalue weighted by Crippen LogP contribution is -2.34. The Morgan fingerprint density at radius 3 is 1.90 bits per heavy atom. The van der Waals surface area contributed by atoms with Crippen molar-refractivity contribution in [3.63, 3.8) is 0 Å². The van der Waals surface area contributed by atoms with Gasteiger partial charge in [-0.3, -0.25) is 0 Å². The third-order valence-electron chi connectivity index (χ3n) is 1.80. The van der Waals surface area contributed by atoms with E-state index in [1.54, 1.807) is 0 Å². The van der Waals surface area contributed by atoms with Crippen LogP contribution in [0, 0.1) is 5.41 Å². The van der Waals surface area contributed by atoms with Crippen LogP contribution in [0.2, 0.25) is 0 Å². The van der Waals surface area contributed by atoms with Crippen LogP contribution in [0.15, 0.2) is 0 Å². The molecule has 0 heterocycles. The number of nitrogens with zero attached hydrogens (tertiary/aromatic N) is 1. The first-order chi connectivity index (χ1) is 4.36. The highest BCUT2D eigenvalue weighted by atomic mass is 35.5. The van der Waals surface area contributed by atoms with Gasteiger partial charge in [-0.2, -0.15) is 0 Å². The normalized spacial score (nSPS) is 15.9. The number of hydrogen-bond acceptors (Lipinski definition) is 1. The molecule has 0 saturated heterocycles. The summed E-state index contributed by atoms with van der Waals surface area (Å²) in [5.74, 6) is 0. The fourth-order valence-electron chi connectivity index (χ4n) is 0.941. The third-order valence-corrected chi connectivity index (χ3v) is 2.39. The Morgan fingerprint density at radius 1 is 1.40 bits per heavy atom. The quantitative estimate of drug-likeness (QED) is 0.577. The fourth-order valence-corrected chi connectivity index (χ4v) is 1.01. The SMILES string of the molecule is CC(Cl)C(C)(C)CN(C)C. The van der Waals surface area contributed by atoms with Gasteiger partial charge in [-0.05, 0) is 26.4 Å². The molecule has 0 N–H and O–H groups in total. The molecule has 1 unspecified atom stereocenters. The molecule has 0 aromatic heterocycles. The van der Waals surface area contributed by atoms with Crippen LogP contribution in [0.3, 0.4) is 0 Å². The zero-order chi connectivity index (χ0) is 8.36. The zero-order valence-electron chi connectivity index (χ0n) is 7.61. The summed E-state index contributed by atoms with van der Waals surface area (Å²) in [4.78, 5) is 2.17. The van der Waals surface area contributed by atoms with Crippen molar-refractivity contribution in [2.24, 2.45) is 5.41 Å². The van der Waals surface area contributed by atoms with Gasteiger partial charge in [-0.25, -0.2) is 0 Å². The molecule has 62 valence electrons. The second-order valence-corrected chi connectivity index (χ2v) is 4.50. The average molecular weight is 164 g/mol. The first kappa shape index (κ1) is 10.2. The Hall–Kier alpha value is 0.250. The minimum atomic E-state index is 0.213. The lowest BCUT2D eigenvalue weighted by atomic mass is 9.89. The van der Waals surface area contributed by atoms with Gasteiger partial charge in [0.05, 0.1) is 0 Å². The first-order valence-corrected chi connectivity index (χ1v) is 4.08. The van der Waals surface area contributed by atoms with E-state index >= 15 is 0 Å². The molecule has 0 aliphatic rings. The number of halogens is 1. The van der Waals surface area contributed by atoms with Crippen molar-refractivity contribution in [2.75, 3.05) is 20.6 Å². The minimum absolute atomic E-state index is 0.213. The van der Waals surface area contributed by atoms with E-state index in [-0.39, 0.29) is 10.8 Å². The number of hydrogen-bond donors (Lipinski definition) is 0. The van der Waals surface area contributed by atoms with Crippen LogP contribution in [0.5, 0.6) is 0 Å². The molecule has 0 aromatic carbocycles. The first-order valence-electron chi connectivity index (χ1n) is 3.65. The van der Waals surface area contributed by atoms with Gasteiger partial charge < -0.3 is 4.90 Å².